The zero-order chi connectivity index (χ0) is 16.2. The van der Waals surface area contributed by atoms with Crippen molar-refractivity contribution in [3.63, 3.8) is 0 Å². The fraction of sp³-hybridized carbons (Fsp3) is 0.467. The Balaban J connectivity index is 1.86. The molecular formula is C15H20N2O4S. The van der Waals surface area contributed by atoms with E-state index < -0.39 is 11.7 Å². The van der Waals surface area contributed by atoms with E-state index in [-0.39, 0.29) is 0 Å². The van der Waals surface area contributed by atoms with Crippen LogP contribution in [-0.4, -0.2) is 36.3 Å². The average Bonchev–Trinajstić information content (AvgIpc) is 2.84. The maximum Gasteiger partial charge on any atom is 0.407 e. The number of alkyl carbamates (subject to hydrolysis) is 1. The number of rotatable bonds is 5. The number of carbonyl (C=O) groups is 1. The van der Waals surface area contributed by atoms with Crippen molar-refractivity contribution in [2.75, 3.05) is 19.4 Å². The second-order valence-corrected chi connectivity index (χ2v) is 6.71. The number of fused-ring (bicyclic) bond motifs is 1. The van der Waals surface area contributed by atoms with Gasteiger partial charge in [-0.15, -0.1) is 11.8 Å². The van der Waals surface area contributed by atoms with Gasteiger partial charge in [0.25, 0.3) is 0 Å². The zero-order valence-corrected chi connectivity index (χ0v) is 14.0. The quantitative estimate of drug-likeness (QED) is 0.671. The molecule has 120 valence electrons. The number of ether oxygens (including phenoxy) is 2. The Labute approximate surface area is 133 Å². The first-order valence-electron chi connectivity index (χ1n) is 6.92. The van der Waals surface area contributed by atoms with E-state index in [2.05, 4.69) is 10.5 Å². The van der Waals surface area contributed by atoms with Crippen molar-refractivity contribution >= 4 is 28.8 Å². The predicted octanol–water partition coefficient (Wildman–Crippen LogP) is 3.45. The third-order valence-corrected chi connectivity index (χ3v) is 3.63. The van der Waals surface area contributed by atoms with Crippen LogP contribution in [0.2, 0.25) is 0 Å². The molecule has 22 heavy (non-hydrogen) atoms. The monoisotopic (exact) mass is 324 g/mol. The minimum atomic E-state index is -0.490. The van der Waals surface area contributed by atoms with Gasteiger partial charge in [-0.1, -0.05) is 5.16 Å². The average molecular weight is 324 g/mol. The summed E-state index contributed by atoms with van der Waals surface area (Å²) in [4.78, 5) is 11.5. The van der Waals surface area contributed by atoms with Crippen LogP contribution in [0, 0.1) is 0 Å². The van der Waals surface area contributed by atoms with Gasteiger partial charge < -0.3 is 19.3 Å². The van der Waals surface area contributed by atoms with Gasteiger partial charge in [0, 0.05) is 12.3 Å². The summed E-state index contributed by atoms with van der Waals surface area (Å²) in [6, 6.07) is 5.53. The molecule has 7 heteroatoms. The summed E-state index contributed by atoms with van der Waals surface area (Å²) < 4.78 is 15.6. The first-order chi connectivity index (χ1) is 10.4. The van der Waals surface area contributed by atoms with Crippen molar-refractivity contribution in [2.24, 2.45) is 0 Å². The molecule has 0 fully saturated rings. The summed E-state index contributed by atoms with van der Waals surface area (Å²) in [6.07, 6.45) is -0.417. The minimum absolute atomic E-state index is 0.417. The Kier molecular flexibility index (Phi) is 5.18. The number of carbonyl (C=O) groups excluding carboxylic acids is 1. The minimum Gasteiger partial charge on any atom is -0.497 e. The van der Waals surface area contributed by atoms with Gasteiger partial charge in [0.15, 0.2) is 5.58 Å². The van der Waals surface area contributed by atoms with E-state index in [1.165, 1.54) is 11.8 Å². The predicted molar refractivity (Wildman–Crippen MR) is 85.5 cm³/mol. The van der Waals surface area contributed by atoms with Crippen LogP contribution in [0.25, 0.3) is 11.0 Å². The number of methoxy groups -OCH3 is 1. The highest BCUT2D eigenvalue weighted by molar-refractivity contribution is 7.99. The molecule has 6 nitrogen and oxygen atoms in total. The van der Waals surface area contributed by atoms with Gasteiger partial charge in [0.1, 0.15) is 16.4 Å². The number of nitrogens with zero attached hydrogens (tertiary/aromatic N) is 1. The summed E-state index contributed by atoms with van der Waals surface area (Å²) in [5.74, 6) is 1.42. The Hall–Kier alpha value is -1.89. The normalized spacial score (nSPS) is 11.5. The van der Waals surface area contributed by atoms with Crippen LogP contribution in [0.3, 0.4) is 0 Å². The van der Waals surface area contributed by atoms with Crippen molar-refractivity contribution in [1.82, 2.24) is 10.5 Å². The summed E-state index contributed by atoms with van der Waals surface area (Å²) in [5, 5.41) is 8.42. The second kappa shape index (κ2) is 6.91. The Morgan fingerprint density at radius 1 is 1.41 bits per heavy atom. The van der Waals surface area contributed by atoms with E-state index in [1.807, 2.05) is 39.0 Å². The lowest BCUT2D eigenvalue weighted by molar-refractivity contribution is 0.0531. The third-order valence-electron chi connectivity index (χ3n) is 2.65. The van der Waals surface area contributed by atoms with E-state index in [0.717, 1.165) is 16.2 Å². The molecule has 0 atom stereocenters. The van der Waals surface area contributed by atoms with Crippen LogP contribution < -0.4 is 10.1 Å². The lowest BCUT2D eigenvalue weighted by atomic mass is 10.2. The lowest BCUT2D eigenvalue weighted by Gasteiger charge is -2.19. The van der Waals surface area contributed by atoms with Crippen molar-refractivity contribution < 1.29 is 18.8 Å². The Morgan fingerprint density at radius 2 is 2.18 bits per heavy atom. The van der Waals surface area contributed by atoms with Crippen molar-refractivity contribution in [1.29, 1.82) is 0 Å². The summed E-state index contributed by atoms with van der Waals surface area (Å²) in [5.41, 5.74) is 0.221. The van der Waals surface area contributed by atoms with Crippen LogP contribution >= 0.6 is 11.8 Å². The van der Waals surface area contributed by atoms with Crippen LogP contribution in [0.1, 0.15) is 20.8 Å². The van der Waals surface area contributed by atoms with E-state index in [4.69, 9.17) is 14.0 Å². The Morgan fingerprint density at radius 3 is 2.86 bits per heavy atom. The molecular weight excluding hydrogens is 304 g/mol. The molecule has 0 spiro atoms. The summed E-state index contributed by atoms with van der Waals surface area (Å²) >= 11 is 1.51. The molecule has 0 aliphatic rings. The van der Waals surface area contributed by atoms with Gasteiger partial charge >= 0.3 is 6.09 Å². The fourth-order valence-electron chi connectivity index (χ4n) is 1.74. The fourth-order valence-corrected chi connectivity index (χ4v) is 2.54. The number of nitrogens with one attached hydrogen (secondary N) is 1. The third kappa shape index (κ3) is 4.56. The van der Waals surface area contributed by atoms with Crippen LogP contribution in [-0.2, 0) is 4.74 Å². The molecule has 0 bridgehead atoms. The molecule has 0 saturated heterocycles. The number of hydrogen-bond donors (Lipinski definition) is 1. The number of hydrogen-bond acceptors (Lipinski definition) is 6. The number of amides is 1. The first-order valence-corrected chi connectivity index (χ1v) is 7.91. The first kappa shape index (κ1) is 16.5. The second-order valence-electron chi connectivity index (χ2n) is 5.63. The van der Waals surface area contributed by atoms with Crippen LogP contribution in [0.15, 0.2) is 27.7 Å². The smallest absolute Gasteiger partial charge is 0.407 e. The van der Waals surface area contributed by atoms with Crippen LogP contribution in [0.5, 0.6) is 5.75 Å². The van der Waals surface area contributed by atoms with Gasteiger partial charge in [0.05, 0.1) is 12.5 Å². The molecule has 1 heterocycles. The maximum atomic E-state index is 11.5. The highest BCUT2D eigenvalue weighted by Gasteiger charge is 2.15. The molecule has 0 radical (unpaired) electrons. The van der Waals surface area contributed by atoms with Gasteiger partial charge in [0.2, 0.25) is 0 Å². The molecule has 1 N–H and O–H groups in total. The van der Waals surface area contributed by atoms with E-state index in [0.29, 0.717) is 17.9 Å². The molecule has 0 aliphatic carbocycles. The number of aromatic nitrogens is 1. The summed E-state index contributed by atoms with van der Waals surface area (Å²) in [7, 11) is 1.62. The molecule has 1 amide bonds. The van der Waals surface area contributed by atoms with Crippen molar-refractivity contribution in [3.05, 3.63) is 18.2 Å². The number of benzene rings is 1. The Bertz CT molecular complexity index is 649. The molecule has 0 aliphatic heterocycles. The summed E-state index contributed by atoms with van der Waals surface area (Å²) in [6.45, 7) is 5.97. The molecule has 1 aromatic carbocycles. The molecule has 1 aromatic heterocycles. The SMILES string of the molecule is COc1ccc2onc(SCCNC(=O)OC(C)(C)C)c2c1. The van der Waals surface area contributed by atoms with Crippen LogP contribution in [0.4, 0.5) is 4.79 Å². The largest absolute Gasteiger partial charge is 0.497 e. The molecule has 2 rings (SSSR count). The topological polar surface area (TPSA) is 73.6 Å². The van der Waals surface area contributed by atoms with Gasteiger partial charge in [-0.25, -0.2) is 4.79 Å². The van der Waals surface area contributed by atoms with E-state index in [1.54, 1.807) is 7.11 Å². The maximum absolute atomic E-state index is 11.5. The standard InChI is InChI=1S/C15H20N2O4S/c1-15(2,3)20-14(18)16-7-8-22-13-11-9-10(19-4)5-6-12(11)21-17-13/h5-6,9H,7-8H2,1-4H3,(H,16,18). The van der Waals surface area contributed by atoms with Crippen molar-refractivity contribution in [3.8, 4) is 5.75 Å². The van der Waals surface area contributed by atoms with E-state index in [9.17, 15) is 4.79 Å². The molecule has 2 aromatic rings. The molecule has 0 saturated carbocycles. The van der Waals surface area contributed by atoms with Gasteiger partial charge in [-0.3, -0.25) is 0 Å². The van der Waals surface area contributed by atoms with Crippen molar-refractivity contribution in [2.45, 2.75) is 31.4 Å². The van der Waals surface area contributed by atoms with Gasteiger partial charge in [-0.2, -0.15) is 0 Å². The zero-order valence-electron chi connectivity index (χ0n) is 13.1. The molecule has 0 unspecified atom stereocenters. The number of thioether (sulfide) groups is 1. The highest BCUT2D eigenvalue weighted by atomic mass is 32.2. The lowest BCUT2D eigenvalue weighted by Crippen LogP contribution is -2.33. The van der Waals surface area contributed by atoms with Gasteiger partial charge in [-0.05, 0) is 39.0 Å². The highest BCUT2D eigenvalue weighted by Crippen LogP contribution is 2.29. The van der Waals surface area contributed by atoms with E-state index >= 15 is 0 Å².